The quantitative estimate of drug-likeness (QED) is 0.366. The fourth-order valence-electron chi connectivity index (χ4n) is 1.42. The number of nitro groups is 1. The molecule has 0 spiro atoms. The van der Waals surface area contributed by atoms with E-state index in [0.717, 1.165) is 19.2 Å². The van der Waals surface area contributed by atoms with Crippen LogP contribution in [-0.2, 0) is 9.47 Å². The number of ether oxygens (including phenoxy) is 2. The third-order valence-corrected chi connectivity index (χ3v) is 2.30. The van der Waals surface area contributed by atoms with Crippen LogP contribution in [0.25, 0.3) is 0 Å². The molecule has 0 saturated carbocycles. The number of halogens is 1. The Morgan fingerprint density at radius 1 is 1.47 bits per heavy atom. The molecule has 1 aromatic carbocycles. The van der Waals surface area contributed by atoms with Gasteiger partial charge in [-0.3, -0.25) is 10.1 Å². The molecular formula is C11H13FN2O5. The van der Waals surface area contributed by atoms with Gasteiger partial charge >= 0.3 is 5.97 Å². The molecule has 8 heteroatoms. The van der Waals surface area contributed by atoms with Gasteiger partial charge in [0.15, 0.2) is 5.82 Å². The van der Waals surface area contributed by atoms with Gasteiger partial charge in [0, 0.05) is 19.7 Å². The van der Waals surface area contributed by atoms with E-state index in [2.05, 4.69) is 10.1 Å². The summed E-state index contributed by atoms with van der Waals surface area (Å²) in [5, 5.41) is 13.4. The molecule has 0 aromatic heterocycles. The van der Waals surface area contributed by atoms with Crippen LogP contribution in [0.4, 0.5) is 15.8 Å². The molecule has 1 aromatic rings. The predicted molar refractivity (Wildman–Crippen MR) is 64.8 cm³/mol. The zero-order valence-electron chi connectivity index (χ0n) is 10.4. The van der Waals surface area contributed by atoms with Crippen molar-refractivity contribution in [3.05, 3.63) is 33.6 Å². The highest BCUT2D eigenvalue weighted by atomic mass is 19.1. The molecule has 1 rings (SSSR count). The third kappa shape index (κ3) is 3.62. The number of rotatable bonds is 6. The minimum atomic E-state index is -0.897. The molecule has 7 nitrogen and oxygen atoms in total. The highest BCUT2D eigenvalue weighted by Crippen LogP contribution is 2.29. The van der Waals surface area contributed by atoms with Crippen LogP contribution >= 0.6 is 0 Å². The first-order chi connectivity index (χ1) is 9.01. The summed E-state index contributed by atoms with van der Waals surface area (Å²) in [4.78, 5) is 21.4. The van der Waals surface area contributed by atoms with Crippen molar-refractivity contribution in [2.75, 3.05) is 32.7 Å². The standard InChI is InChI=1S/C11H13FN2O5/c1-18-4-3-13-10-8(12)5-7(11(15)19-2)6-9(10)14(16)17/h5-6,13H,3-4H2,1-2H3. The molecule has 0 radical (unpaired) electrons. The summed E-state index contributed by atoms with van der Waals surface area (Å²) in [6, 6.07) is 1.85. The van der Waals surface area contributed by atoms with Gasteiger partial charge in [-0.1, -0.05) is 0 Å². The van der Waals surface area contributed by atoms with E-state index in [4.69, 9.17) is 4.74 Å². The van der Waals surface area contributed by atoms with Gasteiger partial charge in [-0.2, -0.15) is 0 Å². The largest absolute Gasteiger partial charge is 0.465 e. The van der Waals surface area contributed by atoms with E-state index in [9.17, 15) is 19.3 Å². The SMILES string of the molecule is COCCNc1c(F)cc(C(=O)OC)cc1[N+](=O)[O-]. The van der Waals surface area contributed by atoms with Crippen molar-refractivity contribution in [1.29, 1.82) is 0 Å². The summed E-state index contributed by atoms with van der Waals surface area (Å²) < 4.78 is 22.9. The summed E-state index contributed by atoms with van der Waals surface area (Å²) in [6.07, 6.45) is 0. The number of hydrogen-bond acceptors (Lipinski definition) is 6. The van der Waals surface area contributed by atoms with Gasteiger partial charge in [-0.25, -0.2) is 9.18 Å². The zero-order chi connectivity index (χ0) is 14.4. The van der Waals surface area contributed by atoms with E-state index in [-0.39, 0.29) is 24.4 Å². The molecule has 0 atom stereocenters. The lowest BCUT2D eigenvalue weighted by atomic mass is 10.1. The van der Waals surface area contributed by atoms with Gasteiger partial charge in [-0.05, 0) is 6.07 Å². The van der Waals surface area contributed by atoms with E-state index < -0.39 is 22.4 Å². The average Bonchev–Trinajstić information content (AvgIpc) is 2.39. The lowest BCUT2D eigenvalue weighted by molar-refractivity contribution is -0.384. The van der Waals surface area contributed by atoms with Gasteiger partial charge < -0.3 is 14.8 Å². The summed E-state index contributed by atoms with van der Waals surface area (Å²) in [6.45, 7) is 0.460. The molecule has 0 aliphatic heterocycles. The Balaban J connectivity index is 3.15. The molecule has 0 amide bonds. The minimum absolute atomic E-state index is 0.200. The Labute approximate surface area is 108 Å². The lowest BCUT2D eigenvalue weighted by Crippen LogP contribution is -2.12. The van der Waals surface area contributed by atoms with Gasteiger partial charge in [0.05, 0.1) is 24.2 Å². The number of nitrogens with zero attached hydrogens (tertiary/aromatic N) is 1. The number of hydrogen-bond donors (Lipinski definition) is 1. The molecule has 1 N–H and O–H groups in total. The van der Waals surface area contributed by atoms with Crippen molar-refractivity contribution in [3.8, 4) is 0 Å². The van der Waals surface area contributed by atoms with E-state index in [1.807, 2.05) is 0 Å². The van der Waals surface area contributed by atoms with Gasteiger partial charge in [0.1, 0.15) is 5.69 Å². The van der Waals surface area contributed by atoms with Crippen LogP contribution in [0.15, 0.2) is 12.1 Å². The van der Waals surface area contributed by atoms with Crippen LogP contribution in [0.1, 0.15) is 10.4 Å². The summed E-state index contributed by atoms with van der Waals surface area (Å²) in [7, 11) is 2.56. The molecule has 0 aliphatic rings. The zero-order valence-corrected chi connectivity index (χ0v) is 10.4. The molecular weight excluding hydrogens is 259 g/mol. The van der Waals surface area contributed by atoms with Crippen LogP contribution in [0, 0.1) is 15.9 Å². The number of carbonyl (C=O) groups excluding carboxylic acids is 1. The first kappa shape index (κ1) is 14.8. The molecule has 0 unspecified atom stereocenters. The maximum Gasteiger partial charge on any atom is 0.338 e. The Morgan fingerprint density at radius 2 is 2.16 bits per heavy atom. The molecule has 0 fully saturated rings. The molecule has 0 heterocycles. The molecule has 0 aliphatic carbocycles. The Kier molecular flexibility index (Phi) is 5.19. The number of esters is 1. The first-order valence-corrected chi connectivity index (χ1v) is 5.30. The topological polar surface area (TPSA) is 90.7 Å². The van der Waals surface area contributed by atoms with Gasteiger partial charge in [-0.15, -0.1) is 0 Å². The Hall–Kier alpha value is -2.22. The second-order valence-electron chi connectivity index (χ2n) is 3.52. The lowest BCUT2D eigenvalue weighted by Gasteiger charge is -2.09. The number of benzene rings is 1. The molecule has 0 saturated heterocycles. The number of anilines is 1. The molecule has 0 bridgehead atoms. The highest BCUT2D eigenvalue weighted by Gasteiger charge is 2.22. The fourth-order valence-corrected chi connectivity index (χ4v) is 1.42. The van der Waals surface area contributed by atoms with Crippen LogP contribution in [0.3, 0.4) is 0 Å². The third-order valence-electron chi connectivity index (χ3n) is 2.30. The van der Waals surface area contributed by atoms with Crippen LogP contribution in [-0.4, -0.2) is 38.3 Å². The van der Waals surface area contributed by atoms with Crippen molar-refractivity contribution in [3.63, 3.8) is 0 Å². The van der Waals surface area contributed by atoms with Crippen LogP contribution in [0.2, 0.25) is 0 Å². The predicted octanol–water partition coefficient (Wildman–Crippen LogP) is 1.58. The maximum absolute atomic E-state index is 13.8. The van der Waals surface area contributed by atoms with Crippen molar-refractivity contribution < 1.29 is 23.6 Å². The van der Waals surface area contributed by atoms with Crippen LogP contribution in [0.5, 0.6) is 0 Å². The fraction of sp³-hybridized carbons (Fsp3) is 0.364. The normalized spacial score (nSPS) is 10.1. The average molecular weight is 272 g/mol. The number of methoxy groups -OCH3 is 2. The smallest absolute Gasteiger partial charge is 0.338 e. The maximum atomic E-state index is 13.8. The van der Waals surface area contributed by atoms with E-state index >= 15 is 0 Å². The summed E-state index contributed by atoms with van der Waals surface area (Å²) in [5.41, 5.74) is -1.03. The summed E-state index contributed by atoms with van der Waals surface area (Å²) >= 11 is 0. The van der Waals surface area contributed by atoms with E-state index in [0.29, 0.717) is 0 Å². The van der Waals surface area contributed by atoms with E-state index in [1.54, 1.807) is 0 Å². The highest BCUT2D eigenvalue weighted by molar-refractivity contribution is 5.91. The molecule has 19 heavy (non-hydrogen) atoms. The number of nitro benzene ring substituents is 1. The van der Waals surface area contributed by atoms with Crippen molar-refractivity contribution in [2.24, 2.45) is 0 Å². The Bertz CT molecular complexity index is 492. The van der Waals surface area contributed by atoms with Crippen molar-refractivity contribution in [2.45, 2.75) is 0 Å². The van der Waals surface area contributed by atoms with Crippen molar-refractivity contribution in [1.82, 2.24) is 0 Å². The Morgan fingerprint density at radius 3 is 2.68 bits per heavy atom. The van der Waals surface area contributed by atoms with Crippen LogP contribution < -0.4 is 5.32 Å². The summed E-state index contributed by atoms with van der Waals surface area (Å²) in [5.74, 6) is -1.74. The number of nitrogens with one attached hydrogen (secondary N) is 1. The van der Waals surface area contributed by atoms with Gasteiger partial charge in [0.25, 0.3) is 5.69 Å². The number of carbonyl (C=O) groups is 1. The van der Waals surface area contributed by atoms with Crippen molar-refractivity contribution >= 4 is 17.3 Å². The van der Waals surface area contributed by atoms with E-state index in [1.165, 1.54) is 7.11 Å². The second kappa shape index (κ2) is 6.64. The molecule has 104 valence electrons. The second-order valence-corrected chi connectivity index (χ2v) is 3.52. The monoisotopic (exact) mass is 272 g/mol. The minimum Gasteiger partial charge on any atom is -0.465 e. The first-order valence-electron chi connectivity index (χ1n) is 5.30. The van der Waals surface area contributed by atoms with Gasteiger partial charge in [0.2, 0.25) is 0 Å².